The van der Waals surface area contributed by atoms with Crippen LogP contribution in [0.15, 0.2) is 108 Å². The van der Waals surface area contributed by atoms with Gasteiger partial charge in [-0.3, -0.25) is 14.4 Å². The van der Waals surface area contributed by atoms with Gasteiger partial charge in [-0.05, 0) is 85.7 Å². The number of fused-ring (bicyclic) bond motifs is 1. The summed E-state index contributed by atoms with van der Waals surface area (Å²) in [5.41, 5.74) is 3.03. The third-order valence-corrected chi connectivity index (χ3v) is 12.4. The van der Waals surface area contributed by atoms with Crippen LogP contribution in [0, 0.1) is 12.3 Å². The largest absolute Gasteiger partial charge is 0.508 e. The number of aromatic nitrogens is 1. The summed E-state index contributed by atoms with van der Waals surface area (Å²) in [7, 11) is 0. The molecule has 3 atom stereocenters. The van der Waals surface area contributed by atoms with Crippen LogP contribution in [-0.4, -0.2) is 97.6 Å². The Bertz CT molecular complexity index is 2540. The van der Waals surface area contributed by atoms with Crippen LogP contribution >= 0.6 is 11.3 Å². The van der Waals surface area contributed by atoms with E-state index in [0.717, 1.165) is 43.1 Å². The van der Waals surface area contributed by atoms with E-state index in [2.05, 4.69) is 15.6 Å². The number of carbonyl (C=O) groups excluding carboxylic acids is 3. The highest BCUT2D eigenvalue weighted by Crippen LogP contribution is 2.47. The molecule has 15 heteroatoms. The quantitative estimate of drug-likeness (QED) is 0.0590. The normalized spacial score (nSPS) is 14.8. The smallest absolute Gasteiger partial charge is 0.246 e. The number of carbonyl (C=O) groups is 3. The zero-order chi connectivity index (χ0) is 46.6. The molecule has 0 spiro atoms. The van der Waals surface area contributed by atoms with Crippen LogP contribution in [0.4, 0.5) is 0 Å². The van der Waals surface area contributed by atoms with Crippen molar-refractivity contribution >= 4 is 39.1 Å². The Morgan fingerprint density at radius 3 is 2.21 bits per heavy atom. The first kappa shape index (κ1) is 47.7. The molecule has 2 aromatic heterocycles. The maximum absolute atomic E-state index is 14.0. The van der Waals surface area contributed by atoms with Crippen LogP contribution in [0.3, 0.4) is 0 Å². The molecule has 1 aliphatic heterocycles. The first-order valence-electron chi connectivity index (χ1n) is 22.2. The van der Waals surface area contributed by atoms with Crippen LogP contribution in [-0.2, 0) is 28.6 Å². The number of aryl methyl sites for hydroxylation is 1. The molecule has 348 valence electrons. The Morgan fingerprint density at radius 2 is 1.53 bits per heavy atom. The van der Waals surface area contributed by atoms with Crippen molar-refractivity contribution in [2.24, 2.45) is 5.41 Å². The average Bonchev–Trinajstić information content (AvgIpc) is 4.07. The summed E-state index contributed by atoms with van der Waals surface area (Å²) in [6, 6.07) is 28.7. The van der Waals surface area contributed by atoms with Crippen molar-refractivity contribution in [3.05, 3.63) is 115 Å². The number of hydrogen-bond donors (Lipinski definition) is 3. The zero-order valence-electron chi connectivity index (χ0n) is 38.0. The zero-order valence-corrected chi connectivity index (χ0v) is 38.9. The van der Waals surface area contributed by atoms with Crippen molar-refractivity contribution in [3.63, 3.8) is 0 Å². The highest BCUT2D eigenvalue weighted by atomic mass is 32.1. The number of hydrogen-bond acceptors (Lipinski definition) is 12. The second-order valence-electron chi connectivity index (χ2n) is 17.2. The van der Waals surface area contributed by atoms with Gasteiger partial charge in [0.1, 0.15) is 42.5 Å². The molecule has 1 saturated heterocycles. The van der Waals surface area contributed by atoms with E-state index in [-0.39, 0.29) is 43.4 Å². The van der Waals surface area contributed by atoms with Gasteiger partial charge in [-0.2, -0.15) is 0 Å². The molecule has 1 fully saturated rings. The van der Waals surface area contributed by atoms with Gasteiger partial charge in [-0.15, -0.1) is 11.3 Å². The molecular weight excluding hydrogens is 861 g/mol. The van der Waals surface area contributed by atoms with E-state index in [9.17, 15) is 19.5 Å². The van der Waals surface area contributed by atoms with Gasteiger partial charge in [0.15, 0.2) is 17.9 Å². The summed E-state index contributed by atoms with van der Waals surface area (Å²) in [6.45, 7) is 11.5. The van der Waals surface area contributed by atoms with E-state index in [0.29, 0.717) is 63.1 Å². The number of phenolic OH excluding ortho intramolecular Hbond substituents is 1. The lowest BCUT2D eigenvalue weighted by atomic mass is 9.85. The van der Waals surface area contributed by atoms with Gasteiger partial charge in [-0.25, -0.2) is 4.98 Å². The third-order valence-electron chi connectivity index (χ3n) is 11.2. The molecule has 7 rings (SSSR count). The highest BCUT2D eigenvalue weighted by molar-refractivity contribution is 7.22. The lowest BCUT2D eigenvalue weighted by molar-refractivity contribution is -0.144. The summed E-state index contributed by atoms with van der Waals surface area (Å²) in [6.07, 6.45) is 2.63. The fraction of sp³-hybridized carbons (Fsp3) is 0.373. The Labute approximate surface area is 389 Å². The maximum atomic E-state index is 14.0. The molecule has 0 unspecified atom stereocenters. The van der Waals surface area contributed by atoms with Crippen molar-refractivity contribution < 1.29 is 47.6 Å². The van der Waals surface area contributed by atoms with Gasteiger partial charge in [0.05, 0.1) is 49.6 Å². The van der Waals surface area contributed by atoms with E-state index in [1.54, 1.807) is 28.4 Å². The molecule has 0 saturated carbocycles. The Morgan fingerprint density at radius 1 is 0.848 bits per heavy atom. The van der Waals surface area contributed by atoms with Gasteiger partial charge in [0, 0.05) is 22.2 Å². The topological polar surface area (TPSA) is 171 Å². The lowest BCUT2D eigenvalue weighted by Gasteiger charge is -2.35. The van der Waals surface area contributed by atoms with Crippen LogP contribution in [0.5, 0.6) is 23.0 Å². The SMILES string of the molecule is Cc1ncoc1-c1ccc([C@H](C)NC(=O)[C@@H]2CCCN2C(=O)[C@@H](NC(=O)COCCOCCOCCOc2ccc(Oc3c(-c4ccccc4)sc4cc(O)ccc34)cc2)C(C)(C)C)cc1. The number of aromatic hydroxyl groups is 1. The van der Waals surface area contributed by atoms with E-state index in [1.165, 1.54) is 6.39 Å². The van der Waals surface area contributed by atoms with Crippen LogP contribution < -0.4 is 20.1 Å². The fourth-order valence-electron chi connectivity index (χ4n) is 7.70. The standard InChI is InChI=1S/C51H58N4O10S/c1-33(35-13-15-36(16-14-35)45-34(2)52-32-64-45)53-49(58)42-12-9-23-55(42)50(59)48(51(3,4)5)54-44(57)31-62-27-26-60-24-25-61-28-29-63-39-18-20-40(21-19-39)65-46-41-22-17-38(56)30-43(41)66-47(46)37-10-7-6-8-11-37/h6-8,10-11,13-22,30,32-33,42,48,56H,9,12,23-29,31H2,1-5H3,(H,53,58)(H,54,57)/t33-,42-,48+/m0/s1. The minimum Gasteiger partial charge on any atom is -0.508 e. The molecule has 66 heavy (non-hydrogen) atoms. The van der Waals surface area contributed by atoms with Gasteiger partial charge in [0.2, 0.25) is 17.7 Å². The molecule has 3 heterocycles. The van der Waals surface area contributed by atoms with E-state index < -0.39 is 23.4 Å². The molecule has 0 bridgehead atoms. The van der Waals surface area contributed by atoms with E-state index >= 15 is 0 Å². The number of amides is 3. The summed E-state index contributed by atoms with van der Waals surface area (Å²) in [5.74, 6) is 2.03. The van der Waals surface area contributed by atoms with Crippen molar-refractivity contribution in [1.29, 1.82) is 0 Å². The molecule has 3 N–H and O–H groups in total. The molecule has 0 radical (unpaired) electrons. The molecule has 14 nitrogen and oxygen atoms in total. The second kappa shape index (κ2) is 22.3. The summed E-state index contributed by atoms with van der Waals surface area (Å²) < 4.78 is 35.5. The molecular formula is C51H58N4O10S. The summed E-state index contributed by atoms with van der Waals surface area (Å²) >= 11 is 1.57. The Balaban J connectivity index is 0.768. The summed E-state index contributed by atoms with van der Waals surface area (Å²) in [5, 5.41) is 16.9. The van der Waals surface area contributed by atoms with Gasteiger partial charge < -0.3 is 48.7 Å². The summed E-state index contributed by atoms with van der Waals surface area (Å²) in [4.78, 5) is 47.3. The Hall–Kier alpha value is -6.26. The number of benzene rings is 4. The fourth-order valence-corrected chi connectivity index (χ4v) is 8.87. The number of phenols is 1. The van der Waals surface area contributed by atoms with Gasteiger partial charge >= 0.3 is 0 Å². The van der Waals surface area contributed by atoms with Crippen molar-refractivity contribution in [1.82, 2.24) is 20.5 Å². The second-order valence-corrected chi connectivity index (χ2v) is 18.2. The number of nitrogens with zero attached hydrogens (tertiary/aromatic N) is 2. The minimum atomic E-state index is -0.860. The van der Waals surface area contributed by atoms with Crippen LogP contribution in [0.2, 0.25) is 0 Å². The van der Waals surface area contributed by atoms with Crippen molar-refractivity contribution in [2.45, 2.75) is 65.6 Å². The third kappa shape index (κ3) is 12.3. The predicted molar refractivity (Wildman–Crippen MR) is 253 cm³/mol. The van der Waals surface area contributed by atoms with Crippen LogP contribution in [0.1, 0.15) is 57.8 Å². The van der Waals surface area contributed by atoms with E-state index in [4.69, 9.17) is 28.1 Å². The van der Waals surface area contributed by atoms with Gasteiger partial charge in [-0.1, -0.05) is 75.4 Å². The number of oxazole rings is 1. The number of rotatable bonds is 21. The predicted octanol–water partition coefficient (Wildman–Crippen LogP) is 8.86. The minimum absolute atomic E-state index is 0.180. The number of ether oxygens (including phenoxy) is 5. The van der Waals surface area contributed by atoms with Gasteiger partial charge in [0.25, 0.3) is 0 Å². The molecule has 4 aromatic carbocycles. The van der Waals surface area contributed by atoms with Crippen molar-refractivity contribution in [3.8, 4) is 44.8 Å². The molecule has 6 aromatic rings. The number of likely N-dealkylation sites (tertiary alicyclic amines) is 1. The Kier molecular flexibility index (Phi) is 16.1. The molecule has 0 aliphatic carbocycles. The van der Waals surface area contributed by atoms with E-state index in [1.807, 2.05) is 120 Å². The number of thiophene rings is 1. The highest BCUT2D eigenvalue weighted by Gasteiger charge is 2.42. The van der Waals surface area contributed by atoms with Crippen molar-refractivity contribution in [2.75, 3.05) is 52.8 Å². The van der Waals surface area contributed by atoms with Crippen LogP contribution in [0.25, 0.3) is 31.9 Å². The first-order chi connectivity index (χ1) is 31.9. The first-order valence-corrected chi connectivity index (χ1v) is 23.0. The molecule has 1 aliphatic rings. The number of nitrogens with one attached hydrogen (secondary N) is 2. The lowest BCUT2D eigenvalue weighted by Crippen LogP contribution is -2.58. The molecule has 3 amide bonds. The monoisotopic (exact) mass is 918 g/mol. The average molecular weight is 919 g/mol. The maximum Gasteiger partial charge on any atom is 0.246 e.